The van der Waals surface area contributed by atoms with Crippen molar-refractivity contribution in [1.29, 1.82) is 0 Å². The highest BCUT2D eigenvalue weighted by Gasteiger charge is 2.13. The highest BCUT2D eigenvalue weighted by molar-refractivity contribution is 7.95. The summed E-state index contributed by atoms with van der Waals surface area (Å²) in [5.74, 6) is -0.892. The van der Waals surface area contributed by atoms with E-state index in [1.807, 2.05) is 0 Å². The van der Waals surface area contributed by atoms with Crippen LogP contribution in [0.5, 0.6) is 11.5 Å². The van der Waals surface area contributed by atoms with Crippen LogP contribution in [-0.2, 0) is 11.1 Å². The van der Waals surface area contributed by atoms with Crippen molar-refractivity contribution in [2.75, 3.05) is 0 Å². The third kappa shape index (κ3) is 2.04. The van der Waals surface area contributed by atoms with E-state index < -0.39 is 21.9 Å². The normalized spacial score (nSPS) is 12.4. The van der Waals surface area contributed by atoms with Crippen molar-refractivity contribution in [3.63, 3.8) is 0 Å². The van der Waals surface area contributed by atoms with Crippen LogP contribution in [0.1, 0.15) is 10.4 Å². The molecule has 0 spiro atoms. The summed E-state index contributed by atoms with van der Waals surface area (Å²) >= 11 is -2.61. The Morgan fingerprint density at radius 1 is 1.23 bits per heavy atom. The molecular weight excluding hydrogens is 196 g/mol. The first-order valence-corrected chi connectivity index (χ1v) is 4.30. The van der Waals surface area contributed by atoms with Crippen molar-refractivity contribution in [1.82, 2.24) is 0 Å². The molecule has 0 aliphatic heterocycles. The number of hydrogen-bond acceptors (Lipinski definition) is 4. The second-order valence-corrected chi connectivity index (χ2v) is 3.11. The van der Waals surface area contributed by atoms with E-state index in [-0.39, 0.29) is 11.3 Å². The van der Waals surface area contributed by atoms with Crippen LogP contribution in [0, 0.1) is 0 Å². The summed E-state index contributed by atoms with van der Waals surface area (Å²) in [5, 5.41) is 16.8. The zero-order valence-electron chi connectivity index (χ0n) is 6.30. The zero-order valence-corrected chi connectivity index (χ0v) is 7.11. The highest BCUT2D eigenvalue weighted by Crippen LogP contribution is 2.25. The second kappa shape index (κ2) is 3.55. The molecule has 1 unspecified atom stereocenters. The minimum atomic E-state index is -2.61. The Balaban J connectivity index is 3.11. The SMILES string of the molecule is O=C(c1ccc(O)c(O)c1)S(=O)O. The van der Waals surface area contributed by atoms with E-state index in [9.17, 15) is 9.00 Å². The van der Waals surface area contributed by atoms with Gasteiger partial charge in [0, 0.05) is 5.56 Å². The summed E-state index contributed by atoms with van der Waals surface area (Å²) in [5.41, 5.74) is -0.129. The van der Waals surface area contributed by atoms with E-state index in [1.165, 1.54) is 0 Å². The minimum absolute atomic E-state index is 0.129. The summed E-state index contributed by atoms with van der Waals surface area (Å²) in [6.45, 7) is 0. The van der Waals surface area contributed by atoms with E-state index in [2.05, 4.69) is 0 Å². The molecule has 0 heterocycles. The first-order valence-electron chi connectivity index (χ1n) is 3.19. The number of carbonyl (C=O) groups is 1. The van der Waals surface area contributed by atoms with Crippen molar-refractivity contribution < 1.29 is 23.8 Å². The van der Waals surface area contributed by atoms with Crippen LogP contribution in [-0.4, -0.2) is 24.1 Å². The molecular formula is C7H6O5S. The molecule has 0 aromatic heterocycles. The van der Waals surface area contributed by atoms with E-state index in [1.54, 1.807) is 0 Å². The maximum absolute atomic E-state index is 10.9. The van der Waals surface area contributed by atoms with Gasteiger partial charge in [-0.3, -0.25) is 9.35 Å². The zero-order chi connectivity index (χ0) is 10.0. The van der Waals surface area contributed by atoms with Gasteiger partial charge in [-0.25, -0.2) is 4.21 Å². The number of phenolic OH excluding ortho intramolecular Hbond substituents is 2. The molecule has 0 amide bonds. The van der Waals surface area contributed by atoms with Gasteiger partial charge in [0.05, 0.1) is 0 Å². The van der Waals surface area contributed by atoms with Crippen molar-refractivity contribution in [3.8, 4) is 11.5 Å². The van der Waals surface area contributed by atoms with Gasteiger partial charge in [0.25, 0.3) is 5.12 Å². The Morgan fingerprint density at radius 3 is 2.31 bits per heavy atom. The number of hydrogen-bond donors (Lipinski definition) is 3. The van der Waals surface area contributed by atoms with E-state index >= 15 is 0 Å². The number of phenols is 2. The van der Waals surface area contributed by atoms with Gasteiger partial charge < -0.3 is 10.2 Å². The quantitative estimate of drug-likeness (QED) is 0.454. The molecule has 1 rings (SSSR count). The Hall–Kier alpha value is -1.40. The molecule has 5 nitrogen and oxygen atoms in total. The predicted molar refractivity (Wildman–Crippen MR) is 44.9 cm³/mol. The van der Waals surface area contributed by atoms with Crippen molar-refractivity contribution in [3.05, 3.63) is 23.8 Å². The van der Waals surface area contributed by atoms with Crippen molar-refractivity contribution >= 4 is 16.2 Å². The van der Waals surface area contributed by atoms with Crippen LogP contribution in [0.2, 0.25) is 0 Å². The van der Waals surface area contributed by atoms with Crippen LogP contribution in [0.25, 0.3) is 0 Å². The summed E-state index contributed by atoms with van der Waals surface area (Å²) in [7, 11) is 0. The Labute approximate surface area is 75.9 Å². The maximum atomic E-state index is 10.9. The van der Waals surface area contributed by atoms with Gasteiger partial charge in [-0.1, -0.05) is 0 Å². The van der Waals surface area contributed by atoms with Gasteiger partial charge in [-0.05, 0) is 18.2 Å². The molecule has 0 bridgehead atoms. The lowest BCUT2D eigenvalue weighted by molar-refractivity contribution is 0.107. The molecule has 0 radical (unpaired) electrons. The molecule has 0 aliphatic rings. The molecule has 1 atom stereocenters. The number of aromatic hydroxyl groups is 2. The number of benzene rings is 1. The molecule has 13 heavy (non-hydrogen) atoms. The van der Waals surface area contributed by atoms with Crippen LogP contribution in [0.4, 0.5) is 0 Å². The Morgan fingerprint density at radius 2 is 1.85 bits per heavy atom. The van der Waals surface area contributed by atoms with Gasteiger partial charge >= 0.3 is 0 Å². The molecule has 0 saturated carbocycles. The third-order valence-corrected chi connectivity index (χ3v) is 1.92. The smallest absolute Gasteiger partial charge is 0.276 e. The molecule has 0 aliphatic carbocycles. The van der Waals surface area contributed by atoms with E-state index in [0.29, 0.717) is 0 Å². The van der Waals surface area contributed by atoms with Crippen LogP contribution < -0.4 is 0 Å². The monoisotopic (exact) mass is 202 g/mol. The van der Waals surface area contributed by atoms with Gasteiger partial charge in [-0.15, -0.1) is 0 Å². The Kier molecular flexibility index (Phi) is 2.64. The fourth-order valence-electron chi connectivity index (χ4n) is 0.751. The largest absolute Gasteiger partial charge is 0.504 e. The molecule has 0 saturated heterocycles. The highest BCUT2D eigenvalue weighted by atomic mass is 32.2. The van der Waals surface area contributed by atoms with Crippen LogP contribution in [0.3, 0.4) is 0 Å². The lowest BCUT2D eigenvalue weighted by Crippen LogP contribution is -2.05. The fraction of sp³-hybridized carbons (Fsp3) is 0. The molecule has 1 aromatic rings. The average molecular weight is 202 g/mol. The number of rotatable bonds is 1. The molecule has 6 heteroatoms. The van der Waals surface area contributed by atoms with Gasteiger partial charge in [0.1, 0.15) is 0 Å². The van der Waals surface area contributed by atoms with Crippen molar-refractivity contribution in [2.24, 2.45) is 0 Å². The lowest BCUT2D eigenvalue weighted by atomic mass is 10.2. The van der Waals surface area contributed by atoms with Crippen LogP contribution in [0.15, 0.2) is 18.2 Å². The standard InChI is InChI=1S/C7H6O5S/c8-5-2-1-4(3-6(5)9)7(10)13(11)12/h1-3,8-9H,(H,11,12). The molecule has 0 fully saturated rings. The third-order valence-electron chi connectivity index (χ3n) is 1.37. The lowest BCUT2D eigenvalue weighted by Gasteiger charge is -1.99. The summed E-state index contributed by atoms with van der Waals surface area (Å²) in [6.07, 6.45) is 0. The average Bonchev–Trinajstić information content (AvgIpc) is 2.08. The summed E-state index contributed by atoms with van der Waals surface area (Å²) in [4.78, 5) is 10.9. The van der Waals surface area contributed by atoms with Gasteiger partial charge in [0.15, 0.2) is 11.5 Å². The van der Waals surface area contributed by atoms with E-state index in [0.717, 1.165) is 18.2 Å². The first-order chi connectivity index (χ1) is 6.02. The second-order valence-electron chi connectivity index (χ2n) is 2.24. The van der Waals surface area contributed by atoms with Gasteiger partial charge in [0.2, 0.25) is 11.1 Å². The maximum Gasteiger partial charge on any atom is 0.276 e. The molecule has 1 aromatic carbocycles. The fourth-order valence-corrected chi connectivity index (χ4v) is 1.08. The topological polar surface area (TPSA) is 94.8 Å². The molecule has 3 N–H and O–H groups in total. The Bertz CT molecular complexity index is 373. The summed E-state index contributed by atoms with van der Waals surface area (Å²) < 4.78 is 18.7. The first kappa shape index (κ1) is 9.69. The van der Waals surface area contributed by atoms with E-state index in [4.69, 9.17) is 14.8 Å². The minimum Gasteiger partial charge on any atom is -0.504 e. The van der Waals surface area contributed by atoms with Gasteiger partial charge in [-0.2, -0.15) is 0 Å². The number of carbonyl (C=O) groups excluding carboxylic acids is 1. The van der Waals surface area contributed by atoms with Crippen molar-refractivity contribution in [2.45, 2.75) is 0 Å². The van der Waals surface area contributed by atoms with Crippen LogP contribution >= 0.6 is 0 Å². The summed E-state index contributed by atoms with van der Waals surface area (Å²) in [6, 6.07) is 3.13. The molecule has 70 valence electrons. The predicted octanol–water partition coefficient (Wildman–Crippen LogP) is 0.460.